The first-order chi connectivity index (χ1) is 8.75. The third-order valence-corrected chi connectivity index (χ3v) is 3.66. The van der Waals surface area contributed by atoms with Gasteiger partial charge >= 0.3 is 0 Å². The quantitative estimate of drug-likeness (QED) is 0.657. The van der Waals surface area contributed by atoms with Gasteiger partial charge in [-0.1, -0.05) is 12.1 Å². The van der Waals surface area contributed by atoms with Gasteiger partial charge in [0.2, 0.25) is 0 Å². The molecule has 1 heterocycles. The Balaban J connectivity index is 1.77. The molecule has 0 bridgehead atoms. The molecule has 18 heavy (non-hydrogen) atoms. The number of nitrogens with one attached hydrogen (secondary N) is 1. The monoisotopic (exact) mass is 248 g/mol. The summed E-state index contributed by atoms with van der Waals surface area (Å²) in [6, 6.07) is 7.01. The highest BCUT2D eigenvalue weighted by atomic mass is 16.6. The first-order valence-electron chi connectivity index (χ1n) is 6.37. The molecule has 0 radical (unpaired) electrons. The molecule has 1 saturated carbocycles. The number of hydrogen-bond acceptors (Lipinski definition) is 4. The molecule has 0 aromatic heterocycles. The van der Waals surface area contributed by atoms with Gasteiger partial charge in [-0.05, 0) is 31.2 Å². The maximum Gasteiger partial charge on any atom is 0.292 e. The molecule has 5 heteroatoms. The van der Waals surface area contributed by atoms with Crippen LogP contribution in [0, 0.1) is 16.0 Å². The number of anilines is 1. The smallest absolute Gasteiger partial charge is 0.292 e. The Kier molecular flexibility index (Phi) is 2.91. The van der Waals surface area contributed by atoms with Gasteiger partial charge in [-0.2, -0.15) is 0 Å². The average molecular weight is 248 g/mol. The van der Waals surface area contributed by atoms with Crippen molar-refractivity contribution in [1.29, 1.82) is 0 Å². The lowest BCUT2D eigenvalue weighted by Gasteiger charge is -2.20. The maximum absolute atomic E-state index is 11.0. The third-order valence-electron chi connectivity index (χ3n) is 3.66. The largest absolute Gasteiger partial charge is 0.376 e. The molecule has 2 fully saturated rings. The number of ether oxygens (including phenoxy) is 1. The fourth-order valence-corrected chi connectivity index (χ4v) is 2.61. The zero-order valence-corrected chi connectivity index (χ0v) is 10.0. The van der Waals surface area contributed by atoms with E-state index in [0.29, 0.717) is 11.6 Å². The van der Waals surface area contributed by atoms with Gasteiger partial charge in [0.25, 0.3) is 5.69 Å². The number of nitro groups is 1. The Morgan fingerprint density at radius 3 is 2.78 bits per heavy atom. The summed E-state index contributed by atoms with van der Waals surface area (Å²) in [4.78, 5) is 10.6. The molecule has 2 unspecified atom stereocenters. The van der Waals surface area contributed by atoms with Gasteiger partial charge in [0.1, 0.15) is 5.69 Å². The van der Waals surface area contributed by atoms with Crippen LogP contribution in [0.15, 0.2) is 24.3 Å². The summed E-state index contributed by atoms with van der Waals surface area (Å²) >= 11 is 0. The van der Waals surface area contributed by atoms with Crippen LogP contribution >= 0.6 is 0 Å². The number of benzene rings is 1. The highest BCUT2D eigenvalue weighted by Gasteiger charge is 2.41. The average Bonchev–Trinajstić information content (AvgIpc) is 3.11. The summed E-state index contributed by atoms with van der Waals surface area (Å²) in [7, 11) is 0. The molecule has 96 valence electrons. The van der Waals surface area contributed by atoms with Crippen LogP contribution in [-0.4, -0.2) is 23.7 Å². The Morgan fingerprint density at radius 2 is 2.06 bits per heavy atom. The first-order valence-corrected chi connectivity index (χ1v) is 6.37. The van der Waals surface area contributed by atoms with Crippen molar-refractivity contribution in [2.24, 2.45) is 5.92 Å². The second kappa shape index (κ2) is 4.57. The summed E-state index contributed by atoms with van der Waals surface area (Å²) in [6.07, 6.45) is 3.59. The second-order valence-corrected chi connectivity index (χ2v) is 4.99. The van der Waals surface area contributed by atoms with E-state index >= 15 is 0 Å². The summed E-state index contributed by atoms with van der Waals surface area (Å²) in [5.74, 6) is 0.646. The lowest BCUT2D eigenvalue weighted by molar-refractivity contribution is -0.384. The van der Waals surface area contributed by atoms with Crippen molar-refractivity contribution >= 4 is 11.4 Å². The van der Waals surface area contributed by atoms with Gasteiger partial charge < -0.3 is 10.1 Å². The van der Waals surface area contributed by atoms with Crippen LogP contribution in [0.3, 0.4) is 0 Å². The van der Waals surface area contributed by atoms with Crippen molar-refractivity contribution in [2.45, 2.75) is 31.4 Å². The lowest BCUT2D eigenvalue weighted by atomic mass is 10.1. The first kappa shape index (κ1) is 11.5. The molecule has 1 N–H and O–H groups in total. The summed E-state index contributed by atoms with van der Waals surface area (Å²) in [5.41, 5.74) is 0.739. The molecule has 1 aromatic carbocycles. The SMILES string of the molecule is O=[N+]([O-])c1ccccc1NC1CCOC1C1CC1. The highest BCUT2D eigenvalue weighted by molar-refractivity contribution is 5.61. The van der Waals surface area contributed by atoms with Crippen molar-refractivity contribution in [3.05, 3.63) is 34.4 Å². The number of hydrogen-bond donors (Lipinski definition) is 1. The molecule has 3 rings (SSSR count). The zero-order chi connectivity index (χ0) is 12.5. The fourth-order valence-electron chi connectivity index (χ4n) is 2.61. The van der Waals surface area contributed by atoms with E-state index in [4.69, 9.17) is 4.74 Å². The van der Waals surface area contributed by atoms with Crippen LogP contribution in [0.1, 0.15) is 19.3 Å². The Hall–Kier alpha value is -1.62. The van der Waals surface area contributed by atoms with Crippen molar-refractivity contribution in [2.75, 3.05) is 11.9 Å². The standard InChI is InChI=1S/C13H16N2O3/c16-15(17)12-4-2-1-3-10(12)14-11-7-8-18-13(11)9-5-6-9/h1-4,9,11,13-14H,5-8H2. The van der Waals surface area contributed by atoms with Crippen LogP contribution in [0.5, 0.6) is 0 Å². The van der Waals surface area contributed by atoms with E-state index in [-0.39, 0.29) is 22.8 Å². The maximum atomic E-state index is 11.0. The van der Waals surface area contributed by atoms with Crippen molar-refractivity contribution in [1.82, 2.24) is 0 Å². The molecule has 1 aliphatic carbocycles. The summed E-state index contributed by atoms with van der Waals surface area (Å²) in [5, 5.41) is 14.3. The molecular formula is C13H16N2O3. The van der Waals surface area contributed by atoms with Gasteiger partial charge in [0.05, 0.1) is 17.1 Å². The molecule has 2 atom stereocenters. The minimum Gasteiger partial charge on any atom is -0.376 e. The lowest BCUT2D eigenvalue weighted by Crippen LogP contribution is -2.31. The topological polar surface area (TPSA) is 64.4 Å². The minimum absolute atomic E-state index is 0.138. The van der Waals surface area contributed by atoms with Gasteiger partial charge in [0.15, 0.2) is 0 Å². The van der Waals surface area contributed by atoms with E-state index in [0.717, 1.165) is 13.0 Å². The summed E-state index contributed by atoms with van der Waals surface area (Å²) in [6.45, 7) is 0.749. The molecule has 1 aliphatic heterocycles. The van der Waals surface area contributed by atoms with Crippen LogP contribution in [0.25, 0.3) is 0 Å². The van der Waals surface area contributed by atoms with E-state index in [1.165, 1.54) is 18.9 Å². The molecule has 0 spiro atoms. The van der Waals surface area contributed by atoms with E-state index in [9.17, 15) is 10.1 Å². The second-order valence-electron chi connectivity index (χ2n) is 4.99. The van der Waals surface area contributed by atoms with Gasteiger partial charge in [-0.25, -0.2) is 0 Å². The normalized spacial score (nSPS) is 27.1. The summed E-state index contributed by atoms with van der Waals surface area (Å²) < 4.78 is 5.73. The van der Waals surface area contributed by atoms with Crippen LogP contribution in [0.2, 0.25) is 0 Å². The Morgan fingerprint density at radius 1 is 1.28 bits per heavy atom. The molecular weight excluding hydrogens is 232 g/mol. The van der Waals surface area contributed by atoms with Gasteiger partial charge in [-0.3, -0.25) is 10.1 Å². The van der Waals surface area contributed by atoms with Gasteiger partial charge in [0, 0.05) is 12.7 Å². The van der Waals surface area contributed by atoms with E-state index in [1.54, 1.807) is 12.1 Å². The minimum atomic E-state index is -0.343. The highest BCUT2D eigenvalue weighted by Crippen LogP contribution is 2.40. The predicted molar refractivity (Wildman–Crippen MR) is 67.6 cm³/mol. The Labute approximate surface area is 105 Å². The predicted octanol–water partition coefficient (Wildman–Crippen LogP) is 2.57. The van der Waals surface area contributed by atoms with Crippen LogP contribution in [0.4, 0.5) is 11.4 Å². The number of nitro benzene ring substituents is 1. The van der Waals surface area contributed by atoms with E-state index < -0.39 is 0 Å². The number of nitrogens with zero attached hydrogens (tertiary/aromatic N) is 1. The molecule has 5 nitrogen and oxygen atoms in total. The molecule has 1 aromatic rings. The van der Waals surface area contributed by atoms with E-state index in [2.05, 4.69) is 5.32 Å². The number of para-hydroxylation sites is 2. The molecule has 0 amide bonds. The van der Waals surface area contributed by atoms with Crippen LogP contribution < -0.4 is 5.32 Å². The third kappa shape index (κ3) is 2.18. The molecule has 2 aliphatic rings. The van der Waals surface area contributed by atoms with Crippen molar-refractivity contribution in [3.63, 3.8) is 0 Å². The van der Waals surface area contributed by atoms with Gasteiger partial charge in [-0.15, -0.1) is 0 Å². The van der Waals surface area contributed by atoms with Crippen molar-refractivity contribution in [3.8, 4) is 0 Å². The zero-order valence-electron chi connectivity index (χ0n) is 10.0. The fraction of sp³-hybridized carbons (Fsp3) is 0.538. The Bertz CT molecular complexity index is 459. The van der Waals surface area contributed by atoms with E-state index in [1.807, 2.05) is 6.07 Å². The molecule has 1 saturated heterocycles. The number of rotatable bonds is 4. The van der Waals surface area contributed by atoms with Crippen molar-refractivity contribution < 1.29 is 9.66 Å². The van der Waals surface area contributed by atoms with Crippen LogP contribution in [-0.2, 0) is 4.74 Å².